The van der Waals surface area contributed by atoms with Crippen LogP contribution in [0, 0.1) is 0 Å². The van der Waals surface area contributed by atoms with Gasteiger partial charge < -0.3 is 28.6 Å². The molecule has 0 aromatic carbocycles. The third-order valence-corrected chi connectivity index (χ3v) is 9.01. The van der Waals surface area contributed by atoms with Gasteiger partial charge in [-0.2, -0.15) is 0 Å². The molecule has 0 radical (unpaired) electrons. The van der Waals surface area contributed by atoms with Gasteiger partial charge in [-0.3, -0.25) is 9.59 Å². The summed E-state index contributed by atoms with van der Waals surface area (Å²) in [6.45, 7) is 4.31. The lowest BCUT2D eigenvalue weighted by atomic mass is 10.1. The molecule has 0 saturated heterocycles. The van der Waals surface area contributed by atoms with E-state index < -0.39 is 18.1 Å². The summed E-state index contributed by atoms with van der Waals surface area (Å²) in [6.07, 6.45) is 61.5. The van der Waals surface area contributed by atoms with Gasteiger partial charge in [-0.15, -0.1) is 0 Å². The minimum Gasteiger partial charge on any atom is -0.544 e. The van der Waals surface area contributed by atoms with Crippen molar-refractivity contribution in [3.8, 4) is 0 Å². The van der Waals surface area contributed by atoms with Crippen LogP contribution < -0.4 is 5.11 Å². The zero-order valence-corrected chi connectivity index (χ0v) is 38.3. The van der Waals surface area contributed by atoms with Crippen molar-refractivity contribution in [1.29, 1.82) is 0 Å². The molecule has 0 aromatic heterocycles. The lowest BCUT2D eigenvalue weighted by Gasteiger charge is -2.34. The predicted molar refractivity (Wildman–Crippen MR) is 253 cm³/mol. The number of allylic oxidation sites excluding steroid dienone is 24. The summed E-state index contributed by atoms with van der Waals surface area (Å²) in [5.74, 6) is -1.85. The van der Waals surface area contributed by atoms with Crippen LogP contribution in [0.3, 0.4) is 0 Å². The number of carbonyl (C=O) groups is 3. The minimum absolute atomic E-state index is 0.00253. The zero-order valence-electron chi connectivity index (χ0n) is 38.3. The summed E-state index contributed by atoms with van der Waals surface area (Å²) in [4.78, 5) is 36.9. The van der Waals surface area contributed by atoms with Crippen molar-refractivity contribution >= 4 is 17.9 Å². The predicted octanol–water partition coefficient (Wildman–Crippen LogP) is 11.2. The lowest BCUT2D eigenvalue weighted by molar-refractivity contribution is -0.889. The Bertz CT molecular complexity index is 1490. The van der Waals surface area contributed by atoms with Gasteiger partial charge in [0.25, 0.3) is 0 Å². The van der Waals surface area contributed by atoms with Crippen LogP contribution in [0.5, 0.6) is 0 Å². The van der Waals surface area contributed by atoms with Gasteiger partial charge in [0.15, 0.2) is 6.10 Å². The van der Waals surface area contributed by atoms with Crippen LogP contribution in [0.15, 0.2) is 146 Å². The molecule has 0 aliphatic heterocycles. The molecular weight excluding hydrogens is 763 g/mol. The van der Waals surface area contributed by atoms with Crippen LogP contribution in [-0.2, 0) is 28.6 Å². The van der Waals surface area contributed by atoms with Gasteiger partial charge in [0.2, 0.25) is 0 Å². The molecule has 61 heavy (non-hydrogen) atoms. The number of rotatable bonds is 37. The summed E-state index contributed by atoms with van der Waals surface area (Å²) in [5.41, 5.74) is 0. The van der Waals surface area contributed by atoms with Crippen molar-refractivity contribution in [2.75, 3.05) is 41.0 Å². The number of nitrogens with zero attached hydrogens (tertiary/aromatic N) is 1. The number of carbonyl (C=O) groups excluding carboxylic acids is 3. The van der Waals surface area contributed by atoms with Gasteiger partial charge in [-0.25, -0.2) is 0 Å². The molecule has 0 aliphatic rings. The highest BCUT2D eigenvalue weighted by Crippen LogP contribution is 2.12. The molecule has 0 saturated carbocycles. The Morgan fingerprint density at radius 3 is 1.38 bits per heavy atom. The smallest absolute Gasteiger partial charge is 0.306 e. The quantitative estimate of drug-likeness (QED) is 0.0266. The summed E-state index contributed by atoms with van der Waals surface area (Å²) in [7, 11) is 5.36. The maximum atomic E-state index is 12.7. The van der Waals surface area contributed by atoms with Crippen molar-refractivity contribution in [2.24, 2.45) is 0 Å². The summed E-state index contributed by atoms with van der Waals surface area (Å²) in [5, 5.41) is 11.6. The van der Waals surface area contributed by atoms with Gasteiger partial charge >= 0.3 is 11.9 Å². The lowest BCUT2D eigenvalue weighted by Crippen LogP contribution is -2.55. The third-order valence-electron chi connectivity index (χ3n) is 9.01. The number of aliphatic carboxylic acids is 1. The first-order valence-corrected chi connectivity index (χ1v) is 22.5. The molecule has 2 unspecified atom stereocenters. The highest BCUT2D eigenvalue weighted by molar-refractivity contribution is 5.70. The van der Waals surface area contributed by atoms with E-state index in [0.29, 0.717) is 12.8 Å². The summed E-state index contributed by atoms with van der Waals surface area (Å²) >= 11 is 0. The van der Waals surface area contributed by atoms with Gasteiger partial charge in [-0.05, 0) is 51.4 Å². The Balaban J connectivity index is 4.55. The van der Waals surface area contributed by atoms with Crippen molar-refractivity contribution in [3.05, 3.63) is 146 Å². The van der Waals surface area contributed by atoms with Crippen LogP contribution in [0.1, 0.15) is 117 Å². The Labute approximate surface area is 370 Å². The molecule has 0 bridgehead atoms. The summed E-state index contributed by atoms with van der Waals surface area (Å²) in [6, 6.07) is -0.749. The van der Waals surface area contributed by atoms with Crippen LogP contribution >= 0.6 is 0 Å². The normalized spacial score (nSPS) is 14.3. The molecule has 0 heterocycles. The molecule has 8 heteroatoms. The van der Waals surface area contributed by atoms with Gasteiger partial charge in [0, 0.05) is 19.3 Å². The maximum absolute atomic E-state index is 12.7. The number of hydrogen-bond donors (Lipinski definition) is 0. The third kappa shape index (κ3) is 40.4. The first-order chi connectivity index (χ1) is 29.6. The summed E-state index contributed by atoms with van der Waals surface area (Å²) < 4.78 is 17.1. The van der Waals surface area contributed by atoms with Crippen molar-refractivity contribution in [2.45, 2.75) is 129 Å². The second kappa shape index (κ2) is 41.9. The second-order valence-corrected chi connectivity index (χ2v) is 15.5. The molecule has 338 valence electrons. The largest absolute Gasteiger partial charge is 0.544 e. The Morgan fingerprint density at radius 2 is 0.918 bits per heavy atom. The number of carboxylic acid groups (broad SMARTS) is 1. The zero-order chi connectivity index (χ0) is 44.9. The Morgan fingerprint density at radius 1 is 0.508 bits per heavy atom. The van der Waals surface area contributed by atoms with Crippen molar-refractivity contribution < 1.29 is 38.2 Å². The number of carboxylic acids is 1. The van der Waals surface area contributed by atoms with Crippen LogP contribution in [0.4, 0.5) is 0 Å². The second-order valence-electron chi connectivity index (χ2n) is 15.5. The maximum Gasteiger partial charge on any atom is 0.306 e. The van der Waals surface area contributed by atoms with Gasteiger partial charge in [0.1, 0.15) is 12.6 Å². The molecular formula is C53H79NO7. The van der Waals surface area contributed by atoms with E-state index in [9.17, 15) is 19.5 Å². The van der Waals surface area contributed by atoms with Crippen molar-refractivity contribution in [3.63, 3.8) is 0 Å². The number of quaternary nitrogens is 1. The van der Waals surface area contributed by atoms with E-state index in [1.165, 1.54) is 0 Å². The van der Waals surface area contributed by atoms with E-state index in [4.69, 9.17) is 14.2 Å². The fourth-order valence-corrected chi connectivity index (χ4v) is 5.55. The molecule has 0 rings (SSSR count). The standard InChI is InChI=1S/C53H79NO7/c1-6-8-10-12-14-16-18-20-22-24-26-28-29-31-33-35-37-39-41-43-51(55)60-48-49(47-59-46-45-50(53(57)58)54(3,4)5)61-52(56)44-42-40-38-36-34-32-30-27-25-23-21-19-17-15-13-11-9-7-2/h8,10-31,33,49-50H,6-7,9,32,34-48H2,1-5H3/b10-8+,13-11+,14-12+,17-15+,18-16+,21-19+,22-20+,25-23+,26-24+,29-28+,30-27+,33-31+. The number of hydrogen-bond acceptors (Lipinski definition) is 7. The minimum atomic E-state index is -1.15. The fraction of sp³-hybridized carbons (Fsp3) is 0.491. The molecule has 0 amide bonds. The average Bonchev–Trinajstić information content (AvgIpc) is 3.22. The molecule has 0 aliphatic carbocycles. The Kier molecular flexibility index (Phi) is 38.6. The first-order valence-electron chi connectivity index (χ1n) is 22.5. The van der Waals surface area contributed by atoms with Gasteiger partial charge in [0.05, 0.1) is 40.3 Å². The number of ether oxygens (including phenoxy) is 3. The number of esters is 2. The van der Waals surface area contributed by atoms with Crippen LogP contribution in [0.25, 0.3) is 0 Å². The highest BCUT2D eigenvalue weighted by atomic mass is 16.6. The Hall–Kier alpha value is -4.79. The highest BCUT2D eigenvalue weighted by Gasteiger charge is 2.25. The van der Waals surface area contributed by atoms with E-state index in [1.807, 2.05) is 109 Å². The number of unbranched alkanes of at least 4 members (excludes halogenated alkanes) is 9. The molecule has 0 aromatic rings. The van der Waals surface area contributed by atoms with Crippen LogP contribution in [-0.4, -0.2) is 75.5 Å². The van der Waals surface area contributed by atoms with E-state index in [1.54, 1.807) is 21.1 Å². The molecule has 2 atom stereocenters. The van der Waals surface area contributed by atoms with Crippen molar-refractivity contribution in [1.82, 2.24) is 0 Å². The molecule has 8 nitrogen and oxygen atoms in total. The van der Waals surface area contributed by atoms with E-state index >= 15 is 0 Å². The number of likely N-dealkylation sites (N-methyl/N-ethyl adjacent to an activating group) is 1. The average molecular weight is 842 g/mol. The monoisotopic (exact) mass is 842 g/mol. The molecule has 0 N–H and O–H groups in total. The topological polar surface area (TPSA) is 102 Å². The van der Waals surface area contributed by atoms with E-state index in [0.717, 1.165) is 70.6 Å². The fourth-order valence-electron chi connectivity index (χ4n) is 5.55. The van der Waals surface area contributed by atoms with E-state index in [-0.39, 0.29) is 55.5 Å². The molecule has 0 fully saturated rings. The molecule has 0 spiro atoms. The first kappa shape index (κ1) is 56.2. The van der Waals surface area contributed by atoms with Crippen LogP contribution in [0.2, 0.25) is 0 Å². The van der Waals surface area contributed by atoms with E-state index in [2.05, 4.69) is 50.3 Å². The SMILES string of the molecule is CC/C=C/C=C/C=C/C=C/C=C/C=C/C=C/CCCCCC(=O)OCC(COCCC(C(=O)[O-])[N+](C)(C)C)OC(=O)CCCCCCC/C=C/C=C/C=C/C=C/C=C/CCC. The van der Waals surface area contributed by atoms with Gasteiger partial charge in [-0.1, -0.05) is 192 Å².